The first-order valence-corrected chi connectivity index (χ1v) is 8.32. The fourth-order valence-corrected chi connectivity index (χ4v) is 4.00. The van der Waals surface area contributed by atoms with Crippen molar-refractivity contribution >= 4 is 10.0 Å². The molecule has 0 aromatic heterocycles. The molecule has 114 valence electrons. The number of morpholine rings is 1. The lowest BCUT2D eigenvalue weighted by Gasteiger charge is -2.34. The van der Waals surface area contributed by atoms with E-state index < -0.39 is 10.0 Å². The Morgan fingerprint density at radius 1 is 1.33 bits per heavy atom. The quantitative estimate of drug-likeness (QED) is 0.820. The molecule has 21 heavy (non-hydrogen) atoms. The summed E-state index contributed by atoms with van der Waals surface area (Å²) in [6, 6.07) is 6.64. The van der Waals surface area contributed by atoms with Crippen molar-refractivity contribution in [1.29, 1.82) is 0 Å². The first kappa shape index (κ1) is 16.0. The SMILES string of the molecule is C[C@@H]1CN(S(=O)(=O)c2cccc(C#CCN)c2)C[C@H](C)O1. The van der Waals surface area contributed by atoms with Gasteiger partial charge in [-0.1, -0.05) is 17.9 Å². The standard InChI is InChI=1S/C15H20N2O3S/c1-12-10-17(11-13(2)20-12)21(18,19)15-7-3-5-14(9-15)6-4-8-16/h3,5,7,9,12-13H,8,10-11,16H2,1-2H3/t12-,13+. The highest BCUT2D eigenvalue weighted by atomic mass is 32.2. The number of ether oxygens (including phenoxy) is 1. The van der Waals surface area contributed by atoms with Gasteiger partial charge in [-0.15, -0.1) is 0 Å². The van der Waals surface area contributed by atoms with Gasteiger partial charge in [-0.3, -0.25) is 0 Å². The second kappa shape index (κ2) is 6.58. The lowest BCUT2D eigenvalue weighted by molar-refractivity contribution is -0.0440. The molecular formula is C15H20N2O3S. The van der Waals surface area contributed by atoms with Crippen LogP contribution in [-0.4, -0.2) is 44.6 Å². The Morgan fingerprint density at radius 3 is 2.62 bits per heavy atom. The Morgan fingerprint density at radius 2 is 2.00 bits per heavy atom. The zero-order chi connectivity index (χ0) is 15.5. The monoisotopic (exact) mass is 308 g/mol. The van der Waals surface area contributed by atoms with Gasteiger partial charge in [0.2, 0.25) is 10.0 Å². The van der Waals surface area contributed by atoms with E-state index in [9.17, 15) is 8.42 Å². The van der Waals surface area contributed by atoms with E-state index in [-0.39, 0.29) is 23.6 Å². The van der Waals surface area contributed by atoms with Gasteiger partial charge < -0.3 is 10.5 Å². The molecule has 0 aliphatic carbocycles. The van der Waals surface area contributed by atoms with Crippen molar-refractivity contribution in [3.63, 3.8) is 0 Å². The minimum Gasteiger partial charge on any atom is -0.373 e. The molecule has 1 aromatic rings. The van der Waals surface area contributed by atoms with E-state index in [0.29, 0.717) is 18.7 Å². The molecule has 1 aliphatic heterocycles. The molecular weight excluding hydrogens is 288 g/mol. The molecule has 5 nitrogen and oxygen atoms in total. The largest absolute Gasteiger partial charge is 0.373 e. The van der Waals surface area contributed by atoms with E-state index in [0.717, 1.165) is 0 Å². The summed E-state index contributed by atoms with van der Waals surface area (Å²) >= 11 is 0. The minimum absolute atomic E-state index is 0.108. The van der Waals surface area contributed by atoms with Gasteiger partial charge in [0, 0.05) is 18.7 Å². The van der Waals surface area contributed by atoms with Crippen molar-refractivity contribution in [2.75, 3.05) is 19.6 Å². The van der Waals surface area contributed by atoms with Gasteiger partial charge in [-0.2, -0.15) is 4.31 Å². The van der Waals surface area contributed by atoms with Crippen molar-refractivity contribution in [3.05, 3.63) is 29.8 Å². The summed E-state index contributed by atoms with van der Waals surface area (Å²) in [5, 5.41) is 0. The number of nitrogens with two attached hydrogens (primary N) is 1. The van der Waals surface area contributed by atoms with Crippen LogP contribution in [0, 0.1) is 11.8 Å². The summed E-state index contributed by atoms with van der Waals surface area (Å²) in [6.07, 6.45) is -0.215. The summed E-state index contributed by atoms with van der Waals surface area (Å²) in [6.45, 7) is 4.73. The van der Waals surface area contributed by atoms with Crippen molar-refractivity contribution in [1.82, 2.24) is 4.31 Å². The highest BCUT2D eigenvalue weighted by molar-refractivity contribution is 7.89. The van der Waals surface area contributed by atoms with E-state index in [1.165, 1.54) is 4.31 Å². The number of benzene rings is 1. The second-order valence-corrected chi connectivity index (χ2v) is 7.05. The Labute approximate surface area is 126 Å². The topological polar surface area (TPSA) is 72.6 Å². The van der Waals surface area contributed by atoms with Crippen molar-refractivity contribution in [2.24, 2.45) is 5.73 Å². The van der Waals surface area contributed by atoms with Gasteiger partial charge in [0.1, 0.15) is 0 Å². The van der Waals surface area contributed by atoms with E-state index in [1.807, 2.05) is 13.8 Å². The van der Waals surface area contributed by atoms with Crippen LogP contribution in [0.2, 0.25) is 0 Å². The Bertz CT molecular complexity index is 651. The molecule has 1 fully saturated rings. The molecule has 1 heterocycles. The van der Waals surface area contributed by atoms with Gasteiger partial charge in [0.05, 0.1) is 23.6 Å². The number of hydrogen-bond acceptors (Lipinski definition) is 4. The maximum Gasteiger partial charge on any atom is 0.243 e. The summed E-state index contributed by atoms with van der Waals surface area (Å²) < 4.78 is 32.5. The van der Waals surface area contributed by atoms with Crippen LogP contribution >= 0.6 is 0 Å². The highest BCUT2D eigenvalue weighted by Crippen LogP contribution is 2.21. The van der Waals surface area contributed by atoms with Crippen LogP contribution in [0.25, 0.3) is 0 Å². The van der Waals surface area contributed by atoms with Crippen molar-refractivity contribution < 1.29 is 13.2 Å². The molecule has 2 rings (SSSR count). The summed E-state index contributed by atoms with van der Waals surface area (Å²) in [4.78, 5) is 0.257. The van der Waals surface area contributed by atoms with Gasteiger partial charge >= 0.3 is 0 Å². The second-order valence-electron chi connectivity index (χ2n) is 5.11. The maximum atomic E-state index is 12.7. The molecule has 1 aromatic carbocycles. The summed E-state index contributed by atoms with van der Waals surface area (Å²) in [7, 11) is -3.52. The molecule has 2 atom stereocenters. The highest BCUT2D eigenvalue weighted by Gasteiger charge is 2.32. The molecule has 6 heteroatoms. The number of sulfonamides is 1. The Balaban J connectivity index is 2.31. The third-order valence-corrected chi connectivity index (χ3v) is 5.02. The van der Waals surface area contributed by atoms with E-state index in [4.69, 9.17) is 10.5 Å². The zero-order valence-electron chi connectivity index (χ0n) is 12.2. The Kier molecular flexibility index (Phi) is 5.01. The van der Waals surface area contributed by atoms with Gasteiger partial charge in [0.15, 0.2) is 0 Å². The average Bonchev–Trinajstić information content (AvgIpc) is 2.44. The minimum atomic E-state index is -3.52. The summed E-state index contributed by atoms with van der Waals surface area (Å²) in [5.41, 5.74) is 5.98. The van der Waals surface area contributed by atoms with Crippen LogP contribution in [0.1, 0.15) is 19.4 Å². The molecule has 0 saturated carbocycles. The van der Waals surface area contributed by atoms with Crippen LogP contribution in [0.5, 0.6) is 0 Å². The first-order chi connectivity index (χ1) is 9.93. The molecule has 0 bridgehead atoms. The van der Waals surface area contributed by atoms with Crippen LogP contribution in [0.15, 0.2) is 29.2 Å². The van der Waals surface area contributed by atoms with Crippen LogP contribution in [-0.2, 0) is 14.8 Å². The molecule has 2 N–H and O–H groups in total. The van der Waals surface area contributed by atoms with Crippen LogP contribution in [0.4, 0.5) is 0 Å². The predicted molar refractivity (Wildman–Crippen MR) is 81.1 cm³/mol. The normalized spacial score (nSPS) is 23.4. The van der Waals surface area contributed by atoms with Crippen LogP contribution < -0.4 is 5.73 Å². The van der Waals surface area contributed by atoms with Crippen molar-refractivity contribution in [2.45, 2.75) is 31.0 Å². The molecule has 0 spiro atoms. The number of rotatable bonds is 2. The third-order valence-electron chi connectivity index (χ3n) is 3.19. The lowest BCUT2D eigenvalue weighted by Crippen LogP contribution is -2.48. The molecule has 0 unspecified atom stereocenters. The molecule has 1 aliphatic rings. The van der Waals surface area contributed by atoms with E-state index in [1.54, 1.807) is 24.3 Å². The molecule has 0 radical (unpaired) electrons. The zero-order valence-corrected chi connectivity index (χ0v) is 13.1. The smallest absolute Gasteiger partial charge is 0.243 e. The van der Waals surface area contributed by atoms with E-state index in [2.05, 4.69) is 11.8 Å². The van der Waals surface area contributed by atoms with Gasteiger partial charge in [-0.05, 0) is 32.0 Å². The first-order valence-electron chi connectivity index (χ1n) is 6.88. The third kappa shape index (κ3) is 3.83. The summed E-state index contributed by atoms with van der Waals surface area (Å²) in [5.74, 6) is 5.58. The van der Waals surface area contributed by atoms with Crippen LogP contribution in [0.3, 0.4) is 0 Å². The van der Waals surface area contributed by atoms with E-state index >= 15 is 0 Å². The lowest BCUT2D eigenvalue weighted by atomic mass is 10.2. The van der Waals surface area contributed by atoms with Gasteiger partial charge in [-0.25, -0.2) is 8.42 Å². The maximum absolute atomic E-state index is 12.7. The predicted octanol–water partition coefficient (Wildman–Crippen LogP) is 0.795. The number of nitrogens with zero attached hydrogens (tertiary/aromatic N) is 1. The van der Waals surface area contributed by atoms with Gasteiger partial charge in [0.25, 0.3) is 0 Å². The molecule has 0 amide bonds. The fourth-order valence-electron chi connectivity index (χ4n) is 2.36. The fraction of sp³-hybridized carbons (Fsp3) is 0.467. The molecule has 1 saturated heterocycles. The Hall–Kier alpha value is -1.39. The van der Waals surface area contributed by atoms with Crippen molar-refractivity contribution in [3.8, 4) is 11.8 Å². The average molecular weight is 308 g/mol. The number of hydrogen-bond donors (Lipinski definition) is 1.